The van der Waals surface area contributed by atoms with Crippen LogP contribution in [-0.4, -0.2) is 23.5 Å². The van der Waals surface area contributed by atoms with Gasteiger partial charge in [0.2, 0.25) is 0 Å². The first-order valence-electron chi connectivity index (χ1n) is 9.97. The van der Waals surface area contributed by atoms with Gasteiger partial charge < -0.3 is 4.42 Å². The number of hydrogen-bond acceptors (Lipinski definition) is 2. The standard InChI is InChI=1S/C22H29NO/c1-4-15-9-14-10-19-21(15)23(12-14)16(5-2)11-18-17-8-13(3)6-7-20(17)24-22(18)19/h6-8,14-16,19,21H,4-5,9-12H2,1-3H3/t14?,15?,16-,19?,21?/m1/s1. The molecule has 6 atom stereocenters. The number of rotatable bonds is 2. The third-order valence-electron chi connectivity index (χ3n) is 7.19. The van der Waals surface area contributed by atoms with Crippen LogP contribution < -0.4 is 0 Å². The zero-order chi connectivity index (χ0) is 16.4. The molecule has 3 fully saturated rings. The molecule has 1 aromatic heterocycles. The van der Waals surface area contributed by atoms with Crippen molar-refractivity contribution in [1.29, 1.82) is 0 Å². The summed E-state index contributed by atoms with van der Waals surface area (Å²) in [4.78, 5) is 2.90. The van der Waals surface area contributed by atoms with Crippen LogP contribution in [0.2, 0.25) is 0 Å². The van der Waals surface area contributed by atoms with Crippen LogP contribution in [0.5, 0.6) is 0 Å². The fourth-order valence-corrected chi connectivity index (χ4v) is 6.15. The molecule has 2 heteroatoms. The zero-order valence-corrected chi connectivity index (χ0v) is 15.2. The minimum atomic E-state index is 0.627. The molecule has 2 saturated heterocycles. The van der Waals surface area contributed by atoms with Crippen molar-refractivity contribution in [3.63, 3.8) is 0 Å². The van der Waals surface area contributed by atoms with E-state index >= 15 is 0 Å². The summed E-state index contributed by atoms with van der Waals surface area (Å²) in [5.74, 6) is 3.71. The van der Waals surface area contributed by atoms with E-state index in [9.17, 15) is 0 Å². The lowest BCUT2D eigenvalue weighted by Gasteiger charge is -2.55. The summed E-state index contributed by atoms with van der Waals surface area (Å²) in [5, 5.41) is 1.39. The Balaban J connectivity index is 1.71. The molecule has 3 aliphatic heterocycles. The van der Waals surface area contributed by atoms with E-state index in [2.05, 4.69) is 43.9 Å². The fraction of sp³-hybridized carbons (Fsp3) is 0.636. The lowest BCUT2D eigenvalue weighted by molar-refractivity contribution is -0.0432. The van der Waals surface area contributed by atoms with Crippen LogP contribution >= 0.6 is 0 Å². The molecule has 1 aliphatic carbocycles. The van der Waals surface area contributed by atoms with Crippen molar-refractivity contribution in [1.82, 2.24) is 4.90 Å². The summed E-state index contributed by atoms with van der Waals surface area (Å²) in [5.41, 5.74) is 4.00. The molecule has 2 nitrogen and oxygen atoms in total. The number of fused-ring (bicyclic) bond motifs is 4. The molecule has 24 heavy (non-hydrogen) atoms. The first kappa shape index (κ1) is 15.0. The van der Waals surface area contributed by atoms with Crippen LogP contribution in [-0.2, 0) is 6.42 Å². The number of hydrogen-bond donors (Lipinski definition) is 0. The summed E-state index contributed by atoms with van der Waals surface area (Å²) in [7, 11) is 0. The monoisotopic (exact) mass is 323 g/mol. The Morgan fingerprint density at radius 3 is 2.83 bits per heavy atom. The Morgan fingerprint density at radius 1 is 1.17 bits per heavy atom. The van der Waals surface area contributed by atoms with Gasteiger partial charge in [-0.3, -0.25) is 4.90 Å². The van der Waals surface area contributed by atoms with Gasteiger partial charge in [0.15, 0.2) is 0 Å². The summed E-state index contributed by atoms with van der Waals surface area (Å²) in [6.45, 7) is 8.30. The zero-order valence-electron chi connectivity index (χ0n) is 15.2. The van der Waals surface area contributed by atoms with Crippen molar-refractivity contribution >= 4 is 11.0 Å². The molecule has 4 aliphatic rings. The molecule has 0 amide bonds. The van der Waals surface area contributed by atoms with Gasteiger partial charge in [-0.05, 0) is 56.6 Å². The van der Waals surface area contributed by atoms with Gasteiger partial charge in [0, 0.05) is 35.5 Å². The molecule has 0 N–H and O–H groups in total. The van der Waals surface area contributed by atoms with Gasteiger partial charge in [-0.25, -0.2) is 0 Å². The highest BCUT2D eigenvalue weighted by atomic mass is 16.3. The van der Waals surface area contributed by atoms with Crippen LogP contribution in [0.1, 0.15) is 62.3 Å². The molecule has 4 bridgehead atoms. The average Bonchev–Trinajstić information content (AvgIpc) is 2.92. The van der Waals surface area contributed by atoms with Gasteiger partial charge in [0.05, 0.1) is 0 Å². The molecular formula is C22H29NO. The van der Waals surface area contributed by atoms with Crippen LogP contribution in [0.25, 0.3) is 11.0 Å². The predicted molar refractivity (Wildman–Crippen MR) is 98.5 cm³/mol. The summed E-state index contributed by atoms with van der Waals surface area (Å²) in [6, 6.07) is 8.14. The highest BCUT2D eigenvalue weighted by Gasteiger charge is 2.51. The van der Waals surface area contributed by atoms with Crippen LogP contribution in [0.15, 0.2) is 22.6 Å². The third-order valence-corrected chi connectivity index (χ3v) is 7.19. The van der Waals surface area contributed by atoms with Crippen molar-refractivity contribution in [3.05, 3.63) is 35.1 Å². The van der Waals surface area contributed by atoms with E-state index < -0.39 is 0 Å². The quantitative estimate of drug-likeness (QED) is 0.747. The maximum absolute atomic E-state index is 6.52. The maximum atomic E-state index is 6.52. The molecule has 6 rings (SSSR count). The number of furan rings is 1. The van der Waals surface area contributed by atoms with E-state index in [-0.39, 0.29) is 0 Å². The van der Waals surface area contributed by atoms with Gasteiger partial charge in [-0.2, -0.15) is 0 Å². The predicted octanol–water partition coefficient (Wildman–Crippen LogP) is 5.28. The third kappa shape index (κ3) is 1.98. The van der Waals surface area contributed by atoms with E-state index in [4.69, 9.17) is 4.42 Å². The minimum Gasteiger partial charge on any atom is -0.460 e. The van der Waals surface area contributed by atoms with Gasteiger partial charge in [0.25, 0.3) is 0 Å². The van der Waals surface area contributed by atoms with E-state index in [0.717, 1.165) is 17.4 Å². The molecule has 1 saturated carbocycles. The first-order chi connectivity index (χ1) is 11.7. The van der Waals surface area contributed by atoms with Crippen LogP contribution in [0.4, 0.5) is 0 Å². The van der Waals surface area contributed by atoms with Crippen LogP contribution in [0, 0.1) is 18.8 Å². The smallest absolute Gasteiger partial charge is 0.134 e. The fourth-order valence-electron chi connectivity index (χ4n) is 6.15. The van der Waals surface area contributed by atoms with Crippen LogP contribution in [0.3, 0.4) is 0 Å². The molecular weight excluding hydrogens is 294 g/mol. The van der Waals surface area contributed by atoms with Crippen molar-refractivity contribution in [3.8, 4) is 0 Å². The minimum absolute atomic E-state index is 0.627. The van der Waals surface area contributed by atoms with Crippen molar-refractivity contribution in [2.24, 2.45) is 11.8 Å². The normalized spacial score (nSPS) is 37.5. The first-order valence-corrected chi connectivity index (χ1v) is 9.97. The highest BCUT2D eigenvalue weighted by molar-refractivity contribution is 5.83. The topological polar surface area (TPSA) is 16.4 Å². The lowest BCUT2D eigenvalue weighted by Crippen LogP contribution is -2.59. The largest absolute Gasteiger partial charge is 0.460 e. The van der Waals surface area contributed by atoms with Gasteiger partial charge in [-0.15, -0.1) is 0 Å². The van der Waals surface area contributed by atoms with Gasteiger partial charge >= 0.3 is 0 Å². The number of benzene rings is 1. The lowest BCUT2D eigenvalue weighted by atomic mass is 9.65. The molecule has 128 valence electrons. The molecule has 5 unspecified atom stereocenters. The Kier molecular flexibility index (Phi) is 3.35. The van der Waals surface area contributed by atoms with Crippen molar-refractivity contribution < 1.29 is 4.42 Å². The molecule has 0 spiro atoms. The van der Waals surface area contributed by atoms with E-state index in [1.165, 1.54) is 60.9 Å². The van der Waals surface area contributed by atoms with Crippen molar-refractivity contribution in [2.45, 2.75) is 70.9 Å². The Hall–Kier alpha value is -1.28. The van der Waals surface area contributed by atoms with Gasteiger partial charge in [0.1, 0.15) is 11.3 Å². The van der Waals surface area contributed by atoms with E-state index in [1.807, 2.05) is 0 Å². The Bertz CT molecular complexity index is 776. The second-order valence-corrected chi connectivity index (χ2v) is 8.51. The summed E-state index contributed by atoms with van der Waals surface area (Å²) in [6.07, 6.45) is 6.54. The average molecular weight is 323 g/mol. The van der Waals surface area contributed by atoms with E-state index in [0.29, 0.717) is 18.0 Å². The number of nitrogens with zero attached hydrogens (tertiary/aromatic N) is 1. The molecule has 4 heterocycles. The maximum Gasteiger partial charge on any atom is 0.134 e. The highest BCUT2D eigenvalue weighted by Crippen LogP contribution is 2.53. The Morgan fingerprint density at radius 2 is 2.04 bits per heavy atom. The number of piperidine rings is 2. The summed E-state index contributed by atoms with van der Waals surface area (Å²) >= 11 is 0. The molecule has 2 aromatic rings. The molecule has 1 aromatic carbocycles. The van der Waals surface area contributed by atoms with E-state index in [1.54, 1.807) is 0 Å². The molecule has 0 radical (unpaired) electrons. The Labute approximate surface area is 145 Å². The summed E-state index contributed by atoms with van der Waals surface area (Å²) < 4.78 is 6.52. The van der Waals surface area contributed by atoms with Crippen molar-refractivity contribution in [2.75, 3.05) is 6.54 Å². The second kappa shape index (κ2) is 5.36. The number of aryl methyl sites for hydroxylation is 1. The van der Waals surface area contributed by atoms with Gasteiger partial charge in [-0.1, -0.05) is 31.9 Å². The SMILES string of the molecule is CCC1CC2CC3c4oc5ccc(C)cc5c4C[C@@H](CC)N(C2)C13. The second-order valence-electron chi connectivity index (χ2n) is 8.51.